The van der Waals surface area contributed by atoms with Crippen molar-refractivity contribution in [2.24, 2.45) is 0 Å². The molecule has 1 aliphatic carbocycles. The summed E-state index contributed by atoms with van der Waals surface area (Å²) in [6.45, 7) is 1.77. The summed E-state index contributed by atoms with van der Waals surface area (Å²) >= 11 is 6.12. The van der Waals surface area contributed by atoms with E-state index in [1.807, 2.05) is 42.5 Å². The zero-order chi connectivity index (χ0) is 30.0. The summed E-state index contributed by atoms with van der Waals surface area (Å²) in [5.74, 6) is -0.687. The number of nitro benzene ring substituents is 1. The molecule has 3 aromatic rings. The molecule has 0 saturated heterocycles. The van der Waals surface area contributed by atoms with Gasteiger partial charge in [-0.25, -0.2) is 4.79 Å². The van der Waals surface area contributed by atoms with Crippen molar-refractivity contribution < 1.29 is 28.7 Å². The molecule has 0 aromatic heterocycles. The maximum Gasteiger partial charge on any atom is 0.337 e. The summed E-state index contributed by atoms with van der Waals surface area (Å²) in [5.41, 5.74) is 3.58. The highest BCUT2D eigenvalue weighted by Gasteiger charge is 2.42. The van der Waals surface area contributed by atoms with Gasteiger partial charge in [0.2, 0.25) is 0 Å². The maximum atomic E-state index is 13.9. The monoisotopic (exact) mass is 588 g/mol. The van der Waals surface area contributed by atoms with Crippen LogP contribution in [0, 0.1) is 10.1 Å². The van der Waals surface area contributed by atoms with E-state index < -0.39 is 16.8 Å². The standard InChI is InChI=1S/C32H29ClN2O7/c1-18-29(32(37)42-17-19-7-5-4-6-8-19)30(21-9-11-23(33)25(14-21)35(38)39)31-24(34-18)13-22(15-26(31)36)20-10-12-27(40-2)28(16-20)41-3/h4-12,14,16,22,30,34H,13,15,17H2,1-3H3/t22-,30-/m1/s1. The van der Waals surface area contributed by atoms with Crippen molar-refractivity contribution in [1.82, 2.24) is 5.32 Å². The number of benzene rings is 3. The van der Waals surface area contributed by atoms with Crippen LogP contribution in [0.25, 0.3) is 0 Å². The molecule has 0 saturated carbocycles. The molecule has 42 heavy (non-hydrogen) atoms. The van der Waals surface area contributed by atoms with Crippen molar-refractivity contribution in [3.63, 3.8) is 0 Å². The number of Topliss-reactive ketones (excluding diaryl/α,β-unsaturated/α-hetero) is 1. The molecule has 3 aromatic carbocycles. The van der Waals surface area contributed by atoms with Gasteiger partial charge >= 0.3 is 5.97 Å². The van der Waals surface area contributed by atoms with Gasteiger partial charge in [-0.05, 0) is 54.2 Å². The number of carbonyl (C=O) groups is 2. The van der Waals surface area contributed by atoms with E-state index in [0.717, 1.165) is 11.1 Å². The number of carbonyl (C=O) groups excluding carboxylic acids is 2. The smallest absolute Gasteiger partial charge is 0.337 e. The van der Waals surface area contributed by atoms with Crippen LogP contribution < -0.4 is 14.8 Å². The average Bonchev–Trinajstić information content (AvgIpc) is 2.99. The van der Waals surface area contributed by atoms with Crippen molar-refractivity contribution in [1.29, 1.82) is 0 Å². The highest BCUT2D eigenvalue weighted by Crippen LogP contribution is 2.47. The second-order valence-corrected chi connectivity index (χ2v) is 10.6. The number of nitro groups is 1. The summed E-state index contributed by atoms with van der Waals surface area (Å²) in [6, 6.07) is 19.2. The summed E-state index contributed by atoms with van der Waals surface area (Å²) in [6.07, 6.45) is 0.653. The quantitative estimate of drug-likeness (QED) is 0.183. The Hall–Kier alpha value is -4.63. The van der Waals surface area contributed by atoms with Crippen molar-refractivity contribution >= 4 is 29.0 Å². The molecule has 2 aliphatic rings. The van der Waals surface area contributed by atoms with Gasteiger partial charge < -0.3 is 19.5 Å². The third kappa shape index (κ3) is 5.60. The molecule has 0 radical (unpaired) electrons. The van der Waals surface area contributed by atoms with Crippen LogP contribution in [-0.2, 0) is 20.9 Å². The van der Waals surface area contributed by atoms with Crippen LogP contribution in [-0.4, -0.2) is 30.9 Å². The van der Waals surface area contributed by atoms with Crippen molar-refractivity contribution in [3.8, 4) is 11.5 Å². The van der Waals surface area contributed by atoms with Gasteiger partial charge in [0.05, 0.1) is 24.7 Å². The fourth-order valence-electron chi connectivity index (χ4n) is 5.64. The molecule has 216 valence electrons. The maximum absolute atomic E-state index is 13.9. The van der Waals surface area contributed by atoms with Crippen LogP contribution in [0.4, 0.5) is 5.69 Å². The Morgan fingerprint density at radius 3 is 2.40 bits per heavy atom. The second kappa shape index (κ2) is 12.1. The summed E-state index contributed by atoms with van der Waals surface area (Å²) in [4.78, 5) is 38.7. The number of hydrogen-bond acceptors (Lipinski definition) is 8. The Balaban J connectivity index is 1.56. The lowest BCUT2D eigenvalue weighted by Crippen LogP contribution is -2.36. The van der Waals surface area contributed by atoms with Crippen LogP contribution in [0.1, 0.15) is 48.3 Å². The molecule has 0 spiro atoms. The number of dihydropyridines is 1. The number of esters is 1. The van der Waals surface area contributed by atoms with Crippen molar-refractivity contribution in [3.05, 3.63) is 121 Å². The number of ketones is 1. The number of allylic oxidation sites excluding steroid dienone is 3. The fraction of sp³-hybridized carbons (Fsp3) is 0.250. The minimum absolute atomic E-state index is 0.0329. The lowest BCUT2D eigenvalue weighted by molar-refractivity contribution is -0.384. The predicted molar refractivity (Wildman–Crippen MR) is 156 cm³/mol. The van der Waals surface area contributed by atoms with Crippen molar-refractivity contribution in [2.75, 3.05) is 14.2 Å². The molecule has 0 unspecified atom stereocenters. The largest absolute Gasteiger partial charge is 0.493 e. The van der Waals surface area contributed by atoms with Gasteiger partial charge in [-0.3, -0.25) is 14.9 Å². The Morgan fingerprint density at radius 1 is 1.00 bits per heavy atom. The number of hydrogen-bond donors (Lipinski definition) is 1. The first-order valence-corrected chi connectivity index (χ1v) is 13.7. The number of rotatable bonds is 8. The first-order valence-electron chi connectivity index (χ1n) is 13.3. The second-order valence-electron chi connectivity index (χ2n) is 10.2. The van der Waals surface area contributed by atoms with Crippen LogP contribution in [0.3, 0.4) is 0 Å². The third-order valence-electron chi connectivity index (χ3n) is 7.64. The molecule has 0 fully saturated rings. The first-order chi connectivity index (χ1) is 20.2. The molecular formula is C32H29ClN2O7. The predicted octanol–water partition coefficient (Wildman–Crippen LogP) is 6.37. The van der Waals surface area contributed by atoms with E-state index in [0.29, 0.717) is 40.5 Å². The van der Waals surface area contributed by atoms with Crippen LogP contribution in [0.15, 0.2) is 89.3 Å². The van der Waals surface area contributed by atoms with Gasteiger partial charge in [0.15, 0.2) is 17.3 Å². The topological polar surface area (TPSA) is 117 Å². The molecule has 10 heteroatoms. The summed E-state index contributed by atoms with van der Waals surface area (Å²) < 4.78 is 16.5. The zero-order valence-corrected chi connectivity index (χ0v) is 24.1. The highest BCUT2D eigenvalue weighted by atomic mass is 35.5. The van der Waals surface area contributed by atoms with Gasteiger partial charge in [-0.2, -0.15) is 0 Å². The first kappa shape index (κ1) is 28.9. The van der Waals surface area contributed by atoms with Gasteiger partial charge in [-0.1, -0.05) is 54.1 Å². The molecule has 1 aliphatic heterocycles. The van der Waals surface area contributed by atoms with Crippen LogP contribution >= 0.6 is 11.6 Å². The van der Waals surface area contributed by atoms with Crippen molar-refractivity contribution in [2.45, 2.75) is 38.2 Å². The minimum Gasteiger partial charge on any atom is -0.493 e. The van der Waals surface area contributed by atoms with Crippen LogP contribution in [0.2, 0.25) is 5.02 Å². The van der Waals surface area contributed by atoms with Gasteiger partial charge in [0, 0.05) is 35.4 Å². The van der Waals surface area contributed by atoms with E-state index >= 15 is 0 Å². The molecular weight excluding hydrogens is 560 g/mol. The average molecular weight is 589 g/mol. The summed E-state index contributed by atoms with van der Waals surface area (Å²) in [7, 11) is 3.11. The van der Waals surface area contributed by atoms with Crippen LogP contribution in [0.5, 0.6) is 11.5 Å². The molecule has 1 N–H and O–H groups in total. The number of nitrogens with zero attached hydrogens (tertiary/aromatic N) is 1. The fourth-order valence-corrected chi connectivity index (χ4v) is 5.82. The molecule has 1 heterocycles. The highest BCUT2D eigenvalue weighted by molar-refractivity contribution is 6.32. The van der Waals surface area contributed by atoms with E-state index in [4.69, 9.17) is 25.8 Å². The van der Waals surface area contributed by atoms with Gasteiger partial charge in [-0.15, -0.1) is 0 Å². The molecule has 5 rings (SSSR count). The van der Waals surface area contributed by atoms with E-state index in [-0.39, 0.29) is 41.0 Å². The van der Waals surface area contributed by atoms with E-state index in [9.17, 15) is 19.7 Å². The van der Waals surface area contributed by atoms with Gasteiger partial charge in [0.25, 0.3) is 5.69 Å². The van der Waals surface area contributed by atoms with E-state index in [1.54, 1.807) is 33.3 Å². The van der Waals surface area contributed by atoms with E-state index in [1.165, 1.54) is 12.1 Å². The van der Waals surface area contributed by atoms with Gasteiger partial charge in [0.1, 0.15) is 11.6 Å². The molecule has 9 nitrogen and oxygen atoms in total. The number of halogens is 1. The SMILES string of the molecule is COc1ccc([C@H]2CC(=O)C3=C(C2)NC(C)=C(C(=O)OCc2ccccc2)[C@H]3c2ccc(Cl)c([N+](=O)[O-])c2)cc1OC. The summed E-state index contributed by atoms with van der Waals surface area (Å²) in [5, 5.41) is 15.0. The Bertz CT molecular complexity index is 1630. The number of ether oxygens (including phenoxy) is 3. The lowest BCUT2D eigenvalue weighted by Gasteiger charge is -2.36. The normalized spacial score (nSPS) is 18.2. The Morgan fingerprint density at radius 2 is 1.71 bits per heavy atom. The number of nitrogens with one attached hydrogen (secondary N) is 1. The molecule has 0 bridgehead atoms. The molecule has 0 amide bonds. The minimum atomic E-state index is -0.876. The Kier molecular flexibility index (Phi) is 8.31. The van der Waals surface area contributed by atoms with E-state index in [2.05, 4.69) is 5.32 Å². The Labute approximate surface area is 247 Å². The number of methoxy groups -OCH3 is 2. The zero-order valence-electron chi connectivity index (χ0n) is 23.3. The lowest BCUT2D eigenvalue weighted by atomic mass is 9.71. The third-order valence-corrected chi connectivity index (χ3v) is 7.96. The molecule has 2 atom stereocenters.